The minimum absolute atomic E-state index is 0.187. The van der Waals surface area contributed by atoms with Crippen molar-refractivity contribution in [3.05, 3.63) is 22.7 Å². The van der Waals surface area contributed by atoms with E-state index < -0.39 is 17.3 Å². The van der Waals surface area contributed by atoms with Crippen molar-refractivity contribution in [3.63, 3.8) is 0 Å². The Kier molecular flexibility index (Phi) is 6.55. The number of rotatable bonds is 2. The molecule has 9 heteroatoms. The molecule has 1 aliphatic heterocycles. The first-order valence-electron chi connectivity index (χ1n) is 10.4. The summed E-state index contributed by atoms with van der Waals surface area (Å²) in [5.41, 5.74) is -0.0114. The second kappa shape index (κ2) is 8.68. The molecule has 170 valence electrons. The lowest BCUT2D eigenvalue weighted by Gasteiger charge is -2.37. The zero-order chi connectivity index (χ0) is 23.0. The van der Waals surface area contributed by atoms with Crippen molar-refractivity contribution in [2.75, 3.05) is 18.0 Å². The van der Waals surface area contributed by atoms with Crippen LogP contribution in [0.5, 0.6) is 0 Å². The number of amides is 2. The topological polar surface area (TPSA) is 85.1 Å². The van der Waals surface area contributed by atoms with Gasteiger partial charge in [-0.2, -0.15) is 4.98 Å². The number of benzene rings is 1. The molecule has 2 amide bonds. The third kappa shape index (κ3) is 5.90. The maximum atomic E-state index is 13.1. The van der Waals surface area contributed by atoms with Gasteiger partial charge in [-0.3, -0.25) is 0 Å². The van der Waals surface area contributed by atoms with Crippen LogP contribution in [0.1, 0.15) is 54.4 Å². The van der Waals surface area contributed by atoms with Gasteiger partial charge in [0.25, 0.3) is 0 Å². The molecule has 3 rings (SSSR count). The van der Waals surface area contributed by atoms with Crippen LogP contribution in [0.2, 0.25) is 0 Å². The molecule has 0 radical (unpaired) electrons. The minimum Gasteiger partial charge on any atom is -0.444 e. The number of likely N-dealkylation sites (tertiary alicyclic amines) is 1. The van der Waals surface area contributed by atoms with Crippen LogP contribution in [0.3, 0.4) is 0 Å². The van der Waals surface area contributed by atoms with Gasteiger partial charge in [0.05, 0.1) is 4.47 Å². The summed E-state index contributed by atoms with van der Waals surface area (Å²) in [5, 5.41) is 0. The quantitative estimate of drug-likeness (QED) is 0.528. The number of piperidine rings is 1. The third-order valence-electron chi connectivity index (χ3n) is 4.63. The molecule has 0 unspecified atom stereocenters. The Balaban J connectivity index is 1.83. The van der Waals surface area contributed by atoms with Crippen LogP contribution in [-0.4, -0.2) is 52.4 Å². The van der Waals surface area contributed by atoms with Crippen LogP contribution >= 0.6 is 15.9 Å². The van der Waals surface area contributed by atoms with Gasteiger partial charge in [0.2, 0.25) is 0 Å². The van der Waals surface area contributed by atoms with Crippen molar-refractivity contribution in [2.45, 2.75) is 71.6 Å². The van der Waals surface area contributed by atoms with Crippen molar-refractivity contribution in [2.24, 2.45) is 0 Å². The van der Waals surface area contributed by atoms with E-state index in [0.29, 0.717) is 37.0 Å². The standard InChI is InChI=1S/C22H30BrN3O5/c1-21(2,3)30-19(27)25-12-10-14(11-13-25)26(20(28)31-22(4,5)6)18-24-16-9-7-8-15(23)17(16)29-18/h7-9,14H,10-13H2,1-6H3. The van der Waals surface area contributed by atoms with Crippen LogP contribution in [-0.2, 0) is 9.47 Å². The van der Waals surface area contributed by atoms with E-state index in [9.17, 15) is 9.59 Å². The van der Waals surface area contributed by atoms with Gasteiger partial charge in [-0.15, -0.1) is 0 Å². The first kappa shape index (κ1) is 23.4. The Morgan fingerprint density at radius 2 is 1.71 bits per heavy atom. The number of ether oxygens (including phenoxy) is 2. The van der Waals surface area contributed by atoms with Gasteiger partial charge in [-0.05, 0) is 82.4 Å². The van der Waals surface area contributed by atoms with Crippen LogP contribution in [0.25, 0.3) is 11.1 Å². The summed E-state index contributed by atoms with van der Waals surface area (Å²) in [7, 11) is 0. The summed E-state index contributed by atoms with van der Waals surface area (Å²) in [6, 6.07) is 5.50. The number of hydrogen-bond donors (Lipinski definition) is 0. The number of carbonyl (C=O) groups is 2. The van der Waals surface area contributed by atoms with E-state index in [2.05, 4.69) is 20.9 Å². The lowest BCUT2D eigenvalue weighted by Crippen LogP contribution is -2.51. The van der Waals surface area contributed by atoms with Crippen molar-refractivity contribution in [1.82, 2.24) is 9.88 Å². The smallest absolute Gasteiger partial charge is 0.418 e. The first-order valence-corrected chi connectivity index (χ1v) is 11.2. The molecule has 1 aromatic carbocycles. The average Bonchev–Trinajstić information content (AvgIpc) is 3.04. The Hall–Kier alpha value is -2.29. The van der Waals surface area contributed by atoms with Gasteiger partial charge in [0.1, 0.15) is 16.7 Å². The molecule has 8 nitrogen and oxygen atoms in total. The number of oxazole rings is 1. The van der Waals surface area contributed by atoms with Crippen LogP contribution in [0, 0.1) is 0 Å². The molecular formula is C22H30BrN3O5. The molecule has 2 aromatic rings. The van der Waals surface area contributed by atoms with Crippen molar-refractivity contribution in [1.29, 1.82) is 0 Å². The Morgan fingerprint density at radius 1 is 1.10 bits per heavy atom. The van der Waals surface area contributed by atoms with Crippen molar-refractivity contribution < 1.29 is 23.5 Å². The number of nitrogens with zero attached hydrogens (tertiary/aromatic N) is 3. The Morgan fingerprint density at radius 3 is 2.26 bits per heavy atom. The lowest BCUT2D eigenvalue weighted by molar-refractivity contribution is 0.0199. The van der Waals surface area contributed by atoms with Gasteiger partial charge < -0.3 is 18.8 Å². The highest BCUT2D eigenvalue weighted by molar-refractivity contribution is 9.10. The molecule has 0 saturated carbocycles. The van der Waals surface area contributed by atoms with Gasteiger partial charge >= 0.3 is 18.2 Å². The zero-order valence-electron chi connectivity index (χ0n) is 18.9. The van der Waals surface area contributed by atoms with E-state index in [-0.39, 0.29) is 18.1 Å². The van der Waals surface area contributed by atoms with E-state index in [1.807, 2.05) is 59.7 Å². The molecule has 0 aliphatic carbocycles. The van der Waals surface area contributed by atoms with E-state index in [0.717, 1.165) is 4.47 Å². The monoisotopic (exact) mass is 495 g/mol. The molecule has 31 heavy (non-hydrogen) atoms. The number of fused-ring (bicyclic) bond motifs is 1. The second-order valence-corrected chi connectivity index (χ2v) is 10.5. The molecule has 0 N–H and O–H groups in total. The second-order valence-electron chi connectivity index (χ2n) is 9.63. The van der Waals surface area contributed by atoms with Crippen LogP contribution in [0.15, 0.2) is 27.1 Å². The van der Waals surface area contributed by atoms with Crippen molar-refractivity contribution in [3.8, 4) is 0 Å². The highest BCUT2D eigenvalue weighted by Crippen LogP contribution is 2.32. The van der Waals surface area contributed by atoms with E-state index in [1.54, 1.807) is 4.90 Å². The maximum Gasteiger partial charge on any atom is 0.418 e. The molecule has 1 fully saturated rings. The number of carbonyl (C=O) groups excluding carboxylic acids is 2. The first-order chi connectivity index (χ1) is 14.3. The Labute approximate surface area is 191 Å². The Bertz CT molecular complexity index is 952. The number of anilines is 1. The largest absolute Gasteiger partial charge is 0.444 e. The number of hydrogen-bond acceptors (Lipinski definition) is 6. The van der Waals surface area contributed by atoms with E-state index >= 15 is 0 Å². The number of halogens is 1. The average molecular weight is 496 g/mol. The summed E-state index contributed by atoms with van der Waals surface area (Å²) < 4.78 is 17.8. The molecule has 2 heterocycles. The fourth-order valence-electron chi connectivity index (χ4n) is 3.33. The summed E-state index contributed by atoms with van der Waals surface area (Å²) in [4.78, 5) is 33.2. The summed E-state index contributed by atoms with van der Waals surface area (Å²) >= 11 is 3.46. The molecular weight excluding hydrogens is 466 g/mol. The van der Waals surface area contributed by atoms with Gasteiger partial charge in [0, 0.05) is 19.1 Å². The van der Waals surface area contributed by atoms with E-state index in [4.69, 9.17) is 13.9 Å². The lowest BCUT2D eigenvalue weighted by atomic mass is 10.0. The SMILES string of the molecule is CC(C)(C)OC(=O)N1CCC(N(C(=O)OC(C)(C)C)c2nc3cccc(Br)c3o2)CC1. The molecule has 1 aromatic heterocycles. The predicted octanol–water partition coefficient (Wildman–Crippen LogP) is 5.73. The molecule has 1 saturated heterocycles. The molecule has 0 atom stereocenters. The van der Waals surface area contributed by atoms with Crippen molar-refractivity contribution >= 4 is 45.2 Å². The third-order valence-corrected chi connectivity index (χ3v) is 5.26. The van der Waals surface area contributed by atoms with E-state index in [1.165, 1.54) is 4.90 Å². The van der Waals surface area contributed by atoms with Gasteiger partial charge in [0.15, 0.2) is 5.58 Å². The summed E-state index contributed by atoms with van der Waals surface area (Å²) in [6.45, 7) is 11.9. The summed E-state index contributed by atoms with van der Waals surface area (Å²) in [6.07, 6.45) is 0.239. The van der Waals surface area contributed by atoms with Gasteiger partial charge in [-0.1, -0.05) is 6.07 Å². The number of para-hydroxylation sites is 1. The van der Waals surface area contributed by atoms with Crippen LogP contribution in [0.4, 0.5) is 15.6 Å². The zero-order valence-corrected chi connectivity index (χ0v) is 20.5. The fourth-order valence-corrected chi connectivity index (χ4v) is 3.77. The summed E-state index contributed by atoms with van der Waals surface area (Å²) in [5.74, 6) is 0. The minimum atomic E-state index is -0.668. The van der Waals surface area contributed by atoms with Gasteiger partial charge in [-0.25, -0.2) is 14.5 Å². The fraction of sp³-hybridized carbons (Fsp3) is 0.591. The normalized spacial score (nSPS) is 15.8. The highest BCUT2D eigenvalue weighted by Gasteiger charge is 2.37. The predicted molar refractivity (Wildman–Crippen MR) is 121 cm³/mol. The molecule has 0 spiro atoms. The molecule has 1 aliphatic rings. The van der Waals surface area contributed by atoms with Crippen LogP contribution < -0.4 is 4.90 Å². The highest BCUT2D eigenvalue weighted by atomic mass is 79.9. The molecule has 0 bridgehead atoms. The maximum absolute atomic E-state index is 13.1. The number of aromatic nitrogens is 1.